The maximum absolute atomic E-state index is 3.95. The Morgan fingerprint density at radius 1 is 0.900 bits per heavy atom. The van der Waals surface area contributed by atoms with Gasteiger partial charge in [0.2, 0.25) is 0 Å². The van der Waals surface area contributed by atoms with Crippen molar-refractivity contribution < 1.29 is 0 Å². The maximum atomic E-state index is 3.95. The second kappa shape index (κ2) is 4.94. The lowest BCUT2D eigenvalue weighted by Crippen LogP contribution is -2.83. The molecule has 2 heterocycles. The molecular formula is C16H30N4. The Bertz CT molecular complexity index is 373. The average Bonchev–Trinajstić information content (AvgIpc) is 2.42. The van der Waals surface area contributed by atoms with Gasteiger partial charge in [0.15, 0.2) is 0 Å². The molecular weight excluding hydrogens is 248 g/mol. The molecule has 2 aliphatic carbocycles. The first-order chi connectivity index (χ1) is 9.64. The van der Waals surface area contributed by atoms with Crippen molar-refractivity contribution in [1.29, 1.82) is 0 Å². The lowest BCUT2D eigenvalue weighted by molar-refractivity contribution is 0.0206. The molecule has 4 nitrogen and oxygen atoms in total. The van der Waals surface area contributed by atoms with Crippen LogP contribution in [0.5, 0.6) is 0 Å². The molecule has 2 saturated carbocycles. The predicted octanol–water partition coefficient (Wildman–Crippen LogP) is 1.28. The van der Waals surface area contributed by atoms with Gasteiger partial charge >= 0.3 is 0 Å². The van der Waals surface area contributed by atoms with Crippen molar-refractivity contribution in [1.82, 2.24) is 21.3 Å². The first-order valence-corrected chi connectivity index (χ1v) is 8.70. The highest BCUT2D eigenvalue weighted by Crippen LogP contribution is 2.34. The summed E-state index contributed by atoms with van der Waals surface area (Å²) in [7, 11) is 0. The molecule has 4 fully saturated rings. The van der Waals surface area contributed by atoms with E-state index in [4.69, 9.17) is 0 Å². The molecule has 7 atom stereocenters. The molecule has 2 aliphatic heterocycles. The minimum Gasteiger partial charge on any atom is -0.295 e. The average molecular weight is 278 g/mol. The Hall–Kier alpha value is -0.160. The highest BCUT2D eigenvalue weighted by atomic mass is 15.4. The number of fused-ring (bicyclic) bond motifs is 3. The van der Waals surface area contributed by atoms with Crippen LogP contribution >= 0.6 is 0 Å². The van der Waals surface area contributed by atoms with Crippen LogP contribution in [0.4, 0.5) is 0 Å². The molecule has 0 aromatic rings. The number of hydrogen-bond donors (Lipinski definition) is 4. The second-order valence-electron chi connectivity index (χ2n) is 7.95. The monoisotopic (exact) mass is 278 g/mol. The second-order valence-corrected chi connectivity index (χ2v) is 7.95. The Morgan fingerprint density at radius 3 is 2.65 bits per heavy atom. The van der Waals surface area contributed by atoms with Crippen molar-refractivity contribution in [2.24, 2.45) is 5.92 Å². The zero-order valence-electron chi connectivity index (χ0n) is 12.9. The Morgan fingerprint density at radius 2 is 1.75 bits per heavy atom. The van der Waals surface area contributed by atoms with E-state index in [1.807, 2.05) is 0 Å². The lowest BCUT2D eigenvalue weighted by Gasteiger charge is -2.57. The SMILES string of the molecule is C[C@@H]1CCC2NC3NC4CCCCC4(C)NC3NC2C1. The van der Waals surface area contributed by atoms with Gasteiger partial charge in [0.25, 0.3) is 0 Å². The van der Waals surface area contributed by atoms with Gasteiger partial charge in [-0.05, 0) is 44.9 Å². The molecule has 4 N–H and O–H groups in total. The lowest BCUT2D eigenvalue weighted by atomic mass is 9.75. The van der Waals surface area contributed by atoms with Gasteiger partial charge in [0, 0.05) is 23.7 Å². The third-order valence-corrected chi connectivity index (χ3v) is 6.31. The Balaban J connectivity index is 1.49. The molecule has 0 aromatic heterocycles. The summed E-state index contributed by atoms with van der Waals surface area (Å²) in [4.78, 5) is 0. The quantitative estimate of drug-likeness (QED) is 0.539. The first-order valence-electron chi connectivity index (χ1n) is 8.70. The standard InChI is InChI=1S/C16H30N4/c1-10-6-7-11-12(9-10)18-15-14(17-11)19-13-5-3-4-8-16(13,2)20-15/h10-15,17-20H,3-9H2,1-2H3/t10-,11?,12?,13?,14?,15?,16?/m1/s1. The van der Waals surface area contributed by atoms with Crippen LogP contribution in [0.15, 0.2) is 0 Å². The van der Waals surface area contributed by atoms with Crippen LogP contribution in [-0.4, -0.2) is 36.0 Å². The number of rotatable bonds is 0. The molecule has 4 aliphatic rings. The summed E-state index contributed by atoms with van der Waals surface area (Å²) in [5, 5.41) is 15.7. The summed E-state index contributed by atoms with van der Waals surface area (Å²) < 4.78 is 0. The molecule has 0 bridgehead atoms. The van der Waals surface area contributed by atoms with Gasteiger partial charge in [0.1, 0.15) is 0 Å². The smallest absolute Gasteiger partial charge is 0.0874 e. The summed E-state index contributed by atoms with van der Waals surface area (Å²) in [6, 6.07) is 1.94. The molecule has 2 saturated heterocycles. The molecule has 20 heavy (non-hydrogen) atoms. The molecule has 114 valence electrons. The fraction of sp³-hybridized carbons (Fsp3) is 1.00. The van der Waals surface area contributed by atoms with Crippen LogP contribution in [0.3, 0.4) is 0 Å². The van der Waals surface area contributed by atoms with E-state index >= 15 is 0 Å². The van der Waals surface area contributed by atoms with E-state index in [2.05, 4.69) is 35.1 Å². The number of piperazine rings is 2. The summed E-state index contributed by atoms with van der Waals surface area (Å²) in [5.41, 5.74) is 0.279. The highest BCUT2D eigenvalue weighted by Gasteiger charge is 2.48. The van der Waals surface area contributed by atoms with E-state index < -0.39 is 0 Å². The van der Waals surface area contributed by atoms with Crippen LogP contribution < -0.4 is 21.3 Å². The van der Waals surface area contributed by atoms with Gasteiger partial charge in [0.05, 0.1) is 12.3 Å². The van der Waals surface area contributed by atoms with Crippen LogP contribution in [0.2, 0.25) is 0 Å². The topological polar surface area (TPSA) is 48.1 Å². The zero-order chi connectivity index (χ0) is 13.7. The van der Waals surface area contributed by atoms with Crippen molar-refractivity contribution >= 4 is 0 Å². The summed E-state index contributed by atoms with van der Waals surface area (Å²) >= 11 is 0. The highest BCUT2D eigenvalue weighted by molar-refractivity contribution is 5.10. The zero-order valence-corrected chi connectivity index (χ0v) is 12.9. The van der Waals surface area contributed by atoms with Gasteiger partial charge in [-0.25, -0.2) is 0 Å². The maximum Gasteiger partial charge on any atom is 0.0874 e. The van der Waals surface area contributed by atoms with Crippen molar-refractivity contribution in [3.63, 3.8) is 0 Å². The van der Waals surface area contributed by atoms with Crippen LogP contribution in [0.1, 0.15) is 58.8 Å². The number of hydrogen-bond acceptors (Lipinski definition) is 4. The van der Waals surface area contributed by atoms with Crippen molar-refractivity contribution in [2.45, 2.75) is 94.8 Å². The summed E-state index contributed by atoms with van der Waals surface area (Å²) in [5.74, 6) is 0.872. The number of nitrogens with one attached hydrogen (secondary N) is 4. The fourth-order valence-electron chi connectivity index (χ4n) is 5.03. The van der Waals surface area contributed by atoms with E-state index in [0.717, 1.165) is 5.92 Å². The van der Waals surface area contributed by atoms with Gasteiger partial charge in [-0.2, -0.15) is 0 Å². The minimum atomic E-state index is 0.279. The summed E-state index contributed by atoms with van der Waals surface area (Å²) in [6.45, 7) is 4.81. The van der Waals surface area contributed by atoms with E-state index in [1.54, 1.807) is 0 Å². The van der Waals surface area contributed by atoms with Crippen LogP contribution in [0.25, 0.3) is 0 Å². The molecule has 0 spiro atoms. The van der Waals surface area contributed by atoms with Crippen LogP contribution in [0, 0.1) is 5.92 Å². The van der Waals surface area contributed by atoms with Gasteiger partial charge in [-0.1, -0.05) is 19.8 Å². The van der Waals surface area contributed by atoms with Crippen LogP contribution in [-0.2, 0) is 0 Å². The van der Waals surface area contributed by atoms with E-state index in [1.165, 1.54) is 44.9 Å². The third kappa shape index (κ3) is 2.21. The third-order valence-electron chi connectivity index (χ3n) is 6.31. The van der Waals surface area contributed by atoms with Crippen molar-refractivity contribution in [3.05, 3.63) is 0 Å². The molecule has 6 unspecified atom stereocenters. The first kappa shape index (κ1) is 13.5. The van der Waals surface area contributed by atoms with Gasteiger partial charge in [-0.15, -0.1) is 0 Å². The van der Waals surface area contributed by atoms with Crippen molar-refractivity contribution in [3.8, 4) is 0 Å². The fourth-order valence-corrected chi connectivity index (χ4v) is 5.03. The van der Waals surface area contributed by atoms with Gasteiger partial charge in [-0.3, -0.25) is 21.3 Å². The van der Waals surface area contributed by atoms with E-state index in [-0.39, 0.29) is 5.54 Å². The largest absolute Gasteiger partial charge is 0.295 e. The van der Waals surface area contributed by atoms with Crippen molar-refractivity contribution in [2.75, 3.05) is 0 Å². The Kier molecular flexibility index (Phi) is 3.33. The van der Waals surface area contributed by atoms with E-state index in [9.17, 15) is 0 Å². The molecule has 0 radical (unpaired) electrons. The van der Waals surface area contributed by atoms with E-state index in [0.29, 0.717) is 30.5 Å². The predicted molar refractivity (Wildman–Crippen MR) is 81.4 cm³/mol. The molecule has 0 aromatic carbocycles. The summed E-state index contributed by atoms with van der Waals surface area (Å²) in [6.07, 6.45) is 10.2. The molecule has 4 heteroatoms. The molecule has 0 amide bonds. The normalized spacial score (nSPS) is 55.5. The van der Waals surface area contributed by atoms with Gasteiger partial charge < -0.3 is 0 Å². The molecule has 4 rings (SSSR count). The Labute approximate surface area is 122 Å². The minimum absolute atomic E-state index is 0.279.